The van der Waals surface area contributed by atoms with E-state index >= 15 is 0 Å². The monoisotopic (exact) mass is 335 g/mol. The third-order valence-corrected chi connectivity index (χ3v) is 4.71. The van der Waals surface area contributed by atoms with Gasteiger partial charge in [-0.3, -0.25) is 0 Å². The number of thiophene rings is 1. The Morgan fingerprint density at radius 2 is 1.75 bits per heavy atom. The van der Waals surface area contributed by atoms with Crippen molar-refractivity contribution in [3.63, 3.8) is 0 Å². The molecule has 3 nitrogen and oxygen atoms in total. The van der Waals surface area contributed by atoms with Crippen LogP contribution in [0.3, 0.4) is 0 Å². The topological polar surface area (TPSA) is 37.8 Å². The number of aromatic nitrogens is 2. The third kappa shape index (κ3) is 2.86. The average molecular weight is 335 g/mol. The van der Waals surface area contributed by atoms with Crippen molar-refractivity contribution in [2.75, 3.05) is 5.32 Å². The molecule has 0 saturated carbocycles. The standard InChI is InChI=1S/C19H14FN3S/c20-15-8-6-14(7-9-15)16-11-24-19-17(16)18(22-12-23-19)21-10-13-4-2-1-3-5-13/h1-9,11-12H,10H2,(H,21,22,23). The predicted molar refractivity (Wildman–Crippen MR) is 96.6 cm³/mol. The molecule has 0 aliphatic heterocycles. The van der Waals surface area contributed by atoms with Crippen molar-refractivity contribution in [3.8, 4) is 11.1 Å². The highest BCUT2D eigenvalue weighted by Crippen LogP contribution is 2.36. The lowest BCUT2D eigenvalue weighted by Crippen LogP contribution is -2.02. The summed E-state index contributed by atoms with van der Waals surface area (Å²) < 4.78 is 13.2. The smallest absolute Gasteiger partial charge is 0.139 e. The first kappa shape index (κ1) is 14.8. The molecule has 0 unspecified atom stereocenters. The third-order valence-electron chi connectivity index (χ3n) is 3.83. The van der Waals surface area contributed by atoms with Gasteiger partial charge in [0, 0.05) is 17.5 Å². The molecule has 0 aliphatic rings. The Bertz CT molecular complexity index is 965. The summed E-state index contributed by atoms with van der Waals surface area (Å²) >= 11 is 1.56. The van der Waals surface area contributed by atoms with Crippen molar-refractivity contribution < 1.29 is 4.39 Å². The van der Waals surface area contributed by atoms with E-state index in [-0.39, 0.29) is 5.82 Å². The van der Waals surface area contributed by atoms with Crippen LogP contribution in [0.25, 0.3) is 21.3 Å². The van der Waals surface area contributed by atoms with Crippen molar-refractivity contribution >= 4 is 27.4 Å². The summed E-state index contributed by atoms with van der Waals surface area (Å²) in [6.07, 6.45) is 1.57. The van der Waals surface area contributed by atoms with Crippen molar-refractivity contribution in [3.05, 3.63) is 77.7 Å². The van der Waals surface area contributed by atoms with Gasteiger partial charge >= 0.3 is 0 Å². The molecule has 4 aromatic rings. The van der Waals surface area contributed by atoms with E-state index in [1.807, 2.05) is 23.6 Å². The van der Waals surface area contributed by atoms with Gasteiger partial charge in [0.2, 0.25) is 0 Å². The first-order chi connectivity index (χ1) is 11.8. The molecule has 0 atom stereocenters. The molecule has 0 saturated heterocycles. The van der Waals surface area contributed by atoms with Crippen molar-refractivity contribution in [1.82, 2.24) is 9.97 Å². The summed E-state index contributed by atoms with van der Waals surface area (Å²) in [5.74, 6) is 0.557. The summed E-state index contributed by atoms with van der Waals surface area (Å²) in [4.78, 5) is 9.68. The van der Waals surface area contributed by atoms with Crippen molar-refractivity contribution in [2.24, 2.45) is 0 Å². The number of nitrogens with one attached hydrogen (secondary N) is 1. The van der Waals surface area contributed by atoms with Gasteiger partial charge < -0.3 is 5.32 Å². The van der Waals surface area contributed by atoms with Crippen LogP contribution in [0, 0.1) is 5.82 Å². The number of anilines is 1. The van der Waals surface area contributed by atoms with Crippen LogP contribution in [0.5, 0.6) is 0 Å². The Hall–Kier alpha value is -2.79. The minimum atomic E-state index is -0.239. The van der Waals surface area contributed by atoms with Crippen LogP contribution in [-0.2, 0) is 6.54 Å². The minimum Gasteiger partial charge on any atom is -0.365 e. The van der Waals surface area contributed by atoms with Crippen molar-refractivity contribution in [1.29, 1.82) is 0 Å². The highest BCUT2D eigenvalue weighted by Gasteiger charge is 2.13. The Balaban J connectivity index is 1.73. The second-order valence-corrected chi connectivity index (χ2v) is 6.26. The van der Waals surface area contributed by atoms with Crippen LogP contribution in [0.15, 0.2) is 66.3 Å². The van der Waals surface area contributed by atoms with Crippen LogP contribution in [0.2, 0.25) is 0 Å². The van der Waals surface area contributed by atoms with Gasteiger partial charge in [-0.25, -0.2) is 14.4 Å². The summed E-state index contributed by atoms with van der Waals surface area (Å²) in [6.45, 7) is 0.686. The largest absolute Gasteiger partial charge is 0.365 e. The molecule has 5 heteroatoms. The lowest BCUT2D eigenvalue weighted by Gasteiger charge is -2.08. The molecule has 2 heterocycles. The van der Waals surface area contributed by atoms with Gasteiger partial charge in [-0.15, -0.1) is 11.3 Å². The van der Waals surface area contributed by atoms with E-state index in [1.54, 1.807) is 29.8 Å². The minimum absolute atomic E-state index is 0.239. The normalized spacial score (nSPS) is 10.9. The molecule has 24 heavy (non-hydrogen) atoms. The van der Waals surface area contributed by atoms with E-state index in [0.717, 1.165) is 27.2 Å². The van der Waals surface area contributed by atoms with Crippen LogP contribution in [0.4, 0.5) is 10.2 Å². The van der Waals surface area contributed by atoms with Crippen LogP contribution in [0.1, 0.15) is 5.56 Å². The fraction of sp³-hybridized carbons (Fsp3) is 0.0526. The van der Waals surface area contributed by atoms with E-state index < -0.39 is 0 Å². The Kier molecular flexibility index (Phi) is 3.92. The van der Waals surface area contributed by atoms with Gasteiger partial charge in [0.1, 0.15) is 22.8 Å². The molecule has 0 bridgehead atoms. The maximum absolute atomic E-state index is 13.2. The lowest BCUT2D eigenvalue weighted by molar-refractivity contribution is 0.628. The zero-order chi connectivity index (χ0) is 16.4. The van der Waals surface area contributed by atoms with Crippen LogP contribution in [-0.4, -0.2) is 9.97 Å². The number of fused-ring (bicyclic) bond motifs is 1. The number of halogens is 1. The molecular weight excluding hydrogens is 321 g/mol. The van der Waals surface area contributed by atoms with Crippen LogP contribution < -0.4 is 5.32 Å². The zero-order valence-electron chi connectivity index (χ0n) is 12.7. The molecule has 0 radical (unpaired) electrons. The number of benzene rings is 2. The van der Waals surface area contributed by atoms with Gasteiger partial charge in [-0.2, -0.15) is 0 Å². The summed E-state index contributed by atoms with van der Waals surface area (Å²) in [5.41, 5.74) is 3.16. The molecular formula is C19H14FN3S. The molecule has 0 spiro atoms. The molecule has 0 aliphatic carbocycles. The molecule has 0 amide bonds. The van der Waals surface area contributed by atoms with Gasteiger partial charge in [0.25, 0.3) is 0 Å². The van der Waals surface area contributed by atoms with Crippen molar-refractivity contribution in [2.45, 2.75) is 6.54 Å². The van der Waals surface area contributed by atoms with E-state index in [0.29, 0.717) is 6.54 Å². The highest BCUT2D eigenvalue weighted by atomic mass is 32.1. The molecule has 0 fully saturated rings. The van der Waals surface area contributed by atoms with Gasteiger partial charge in [0.05, 0.1) is 5.39 Å². The van der Waals surface area contributed by atoms with Crippen LogP contribution >= 0.6 is 11.3 Å². The van der Waals surface area contributed by atoms with Gasteiger partial charge in [-0.05, 0) is 23.3 Å². The number of hydrogen-bond donors (Lipinski definition) is 1. The Morgan fingerprint density at radius 3 is 2.54 bits per heavy atom. The summed E-state index contributed by atoms with van der Waals surface area (Å²) in [7, 11) is 0. The maximum atomic E-state index is 13.2. The van der Waals surface area contributed by atoms with E-state index in [2.05, 4.69) is 27.4 Å². The summed E-state index contributed by atoms with van der Waals surface area (Å²) in [5, 5.41) is 6.41. The Labute approximate surface area is 142 Å². The molecule has 2 aromatic carbocycles. The molecule has 4 rings (SSSR count). The van der Waals surface area contributed by atoms with E-state index in [9.17, 15) is 4.39 Å². The average Bonchev–Trinajstić information content (AvgIpc) is 3.06. The fourth-order valence-corrected chi connectivity index (χ4v) is 3.55. The predicted octanol–water partition coefficient (Wildman–Crippen LogP) is 5.11. The molecule has 1 N–H and O–H groups in total. The first-order valence-corrected chi connectivity index (χ1v) is 8.45. The number of hydrogen-bond acceptors (Lipinski definition) is 4. The maximum Gasteiger partial charge on any atom is 0.139 e. The summed E-state index contributed by atoms with van der Waals surface area (Å²) in [6, 6.07) is 16.7. The number of nitrogens with zero attached hydrogens (tertiary/aromatic N) is 2. The van der Waals surface area contributed by atoms with E-state index in [4.69, 9.17) is 0 Å². The lowest BCUT2D eigenvalue weighted by atomic mass is 10.1. The SMILES string of the molecule is Fc1ccc(-c2csc3ncnc(NCc4ccccc4)c23)cc1. The van der Waals surface area contributed by atoms with Gasteiger partial charge in [0.15, 0.2) is 0 Å². The van der Waals surface area contributed by atoms with E-state index in [1.165, 1.54) is 17.7 Å². The zero-order valence-corrected chi connectivity index (χ0v) is 13.6. The molecule has 118 valence electrons. The molecule has 2 aromatic heterocycles. The quantitative estimate of drug-likeness (QED) is 0.563. The fourth-order valence-electron chi connectivity index (χ4n) is 2.63. The second-order valence-electron chi connectivity index (χ2n) is 5.40. The highest BCUT2D eigenvalue weighted by molar-refractivity contribution is 7.17. The first-order valence-electron chi connectivity index (χ1n) is 7.57. The number of rotatable bonds is 4. The van der Waals surface area contributed by atoms with Gasteiger partial charge in [-0.1, -0.05) is 42.5 Å². The Morgan fingerprint density at radius 1 is 0.958 bits per heavy atom. The second kappa shape index (κ2) is 6.37.